The topological polar surface area (TPSA) is 24.9 Å². The van der Waals surface area contributed by atoms with Crippen LogP contribution in [0.2, 0.25) is 0 Å². The molecule has 2 aromatic rings. The molecule has 0 aliphatic rings. The lowest BCUT2D eigenvalue weighted by atomic mass is 10.0. The van der Waals surface area contributed by atoms with Crippen LogP contribution in [-0.4, -0.2) is 4.98 Å². The van der Waals surface area contributed by atoms with Gasteiger partial charge in [-0.1, -0.05) is 49.7 Å². The number of anilines is 1. The Morgan fingerprint density at radius 1 is 1.11 bits per heavy atom. The molecule has 1 aromatic carbocycles. The third-order valence-electron chi connectivity index (χ3n) is 3.10. The molecule has 18 heavy (non-hydrogen) atoms. The average Bonchev–Trinajstić information content (AvgIpc) is 2.42. The van der Waals surface area contributed by atoms with Gasteiger partial charge in [-0.15, -0.1) is 0 Å². The molecule has 1 unspecified atom stereocenters. The Labute approximate surface area is 109 Å². The van der Waals surface area contributed by atoms with Crippen LogP contribution in [0.25, 0.3) is 0 Å². The van der Waals surface area contributed by atoms with Gasteiger partial charge >= 0.3 is 0 Å². The van der Waals surface area contributed by atoms with Crippen molar-refractivity contribution in [3.8, 4) is 0 Å². The smallest absolute Gasteiger partial charge is 0.129 e. The molecule has 0 saturated heterocycles. The number of pyridine rings is 1. The van der Waals surface area contributed by atoms with Crippen molar-refractivity contribution in [2.24, 2.45) is 0 Å². The number of aryl methyl sites for hydroxylation is 1. The molecule has 2 nitrogen and oxygen atoms in total. The fourth-order valence-corrected chi connectivity index (χ4v) is 2.10. The summed E-state index contributed by atoms with van der Waals surface area (Å²) in [7, 11) is 0. The van der Waals surface area contributed by atoms with Crippen molar-refractivity contribution in [3.05, 3.63) is 59.8 Å². The van der Waals surface area contributed by atoms with Crippen molar-refractivity contribution in [2.75, 3.05) is 5.32 Å². The first-order chi connectivity index (χ1) is 8.81. The van der Waals surface area contributed by atoms with E-state index in [1.807, 2.05) is 12.3 Å². The Hall–Kier alpha value is -1.83. The summed E-state index contributed by atoms with van der Waals surface area (Å²) in [4.78, 5) is 4.41. The highest BCUT2D eigenvalue weighted by Gasteiger charge is 2.11. The summed E-state index contributed by atoms with van der Waals surface area (Å²) < 4.78 is 0. The maximum atomic E-state index is 4.41. The third-order valence-corrected chi connectivity index (χ3v) is 3.10. The number of nitrogens with one attached hydrogen (secondary N) is 1. The molecule has 0 fully saturated rings. The third kappa shape index (κ3) is 3.10. The standard InChI is InChI=1S/C16H20N2/c1-3-8-15(14-10-5-4-6-11-14)18-16-13(2)9-7-12-17-16/h4-7,9-12,15H,3,8H2,1-2H3,(H,17,18). The van der Waals surface area contributed by atoms with Gasteiger partial charge in [0.05, 0.1) is 6.04 Å². The van der Waals surface area contributed by atoms with Crippen LogP contribution in [0, 0.1) is 6.92 Å². The molecule has 0 saturated carbocycles. The van der Waals surface area contributed by atoms with Gasteiger partial charge in [0.1, 0.15) is 5.82 Å². The van der Waals surface area contributed by atoms with Gasteiger partial charge in [-0.25, -0.2) is 4.98 Å². The molecule has 1 aromatic heterocycles. The summed E-state index contributed by atoms with van der Waals surface area (Å²) in [6, 6.07) is 15.0. The van der Waals surface area contributed by atoms with E-state index in [0.29, 0.717) is 6.04 Å². The maximum absolute atomic E-state index is 4.41. The Balaban J connectivity index is 2.19. The van der Waals surface area contributed by atoms with E-state index >= 15 is 0 Å². The fraction of sp³-hybridized carbons (Fsp3) is 0.312. The molecule has 1 atom stereocenters. The normalized spacial score (nSPS) is 12.1. The number of aromatic nitrogens is 1. The second kappa shape index (κ2) is 6.20. The van der Waals surface area contributed by atoms with Crippen LogP contribution >= 0.6 is 0 Å². The van der Waals surface area contributed by atoms with Gasteiger partial charge in [0.15, 0.2) is 0 Å². The van der Waals surface area contributed by atoms with Crippen LogP contribution < -0.4 is 5.32 Å². The van der Waals surface area contributed by atoms with E-state index in [1.165, 1.54) is 11.1 Å². The Bertz CT molecular complexity index is 479. The summed E-state index contributed by atoms with van der Waals surface area (Å²) >= 11 is 0. The lowest BCUT2D eigenvalue weighted by molar-refractivity contribution is 0.674. The second-order valence-corrected chi connectivity index (χ2v) is 4.57. The number of hydrogen-bond acceptors (Lipinski definition) is 2. The van der Waals surface area contributed by atoms with E-state index < -0.39 is 0 Å². The highest BCUT2D eigenvalue weighted by molar-refractivity contribution is 5.45. The van der Waals surface area contributed by atoms with Crippen molar-refractivity contribution in [1.82, 2.24) is 4.98 Å². The molecule has 0 radical (unpaired) electrons. The van der Waals surface area contributed by atoms with Crippen LogP contribution in [0.4, 0.5) is 5.82 Å². The van der Waals surface area contributed by atoms with Crippen molar-refractivity contribution in [1.29, 1.82) is 0 Å². The predicted molar refractivity (Wildman–Crippen MR) is 76.7 cm³/mol. The minimum atomic E-state index is 0.338. The molecule has 2 rings (SSSR count). The van der Waals surface area contributed by atoms with Crippen LogP contribution in [0.3, 0.4) is 0 Å². The zero-order valence-electron chi connectivity index (χ0n) is 11.1. The SMILES string of the molecule is CCCC(Nc1ncccc1C)c1ccccc1. The van der Waals surface area contributed by atoms with Gasteiger partial charge < -0.3 is 5.32 Å². The van der Waals surface area contributed by atoms with Crippen LogP contribution in [0.5, 0.6) is 0 Å². The van der Waals surface area contributed by atoms with Gasteiger partial charge in [0, 0.05) is 6.20 Å². The molecule has 1 N–H and O–H groups in total. The number of hydrogen-bond donors (Lipinski definition) is 1. The zero-order valence-corrected chi connectivity index (χ0v) is 11.1. The minimum absolute atomic E-state index is 0.338. The first-order valence-corrected chi connectivity index (χ1v) is 6.54. The van der Waals surface area contributed by atoms with Crippen molar-refractivity contribution in [2.45, 2.75) is 32.7 Å². The molecule has 0 bridgehead atoms. The molecule has 94 valence electrons. The quantitative estimate of drug-likeness (QED) is 0.840. The van der Waals surface area contributed by atoms with Gasteiger partial charge in [-0.2, -0.15) is 0 Å². The molecule has 0 amide bonds. The fourth-order valence-electron chi connectivity index (χ4n) is 2.10. The van der Waals surface area contributed by atoms with E-state index in [0.717, 1.165) is 18.7 Å². The van der Waals surface area contributed by atoms with Crippen LogP contribution in [-0.2, 0) is 0 Å². The lowest BCUT2D eigenvalue weighted by Crippen LogP contribution is -2.12. The first-order valence-electron chi connectivity index (χ1n) is 6.54. The largest absolute Gasteiger partial charge is 0.363 e. The van der Waals surface area contributed by atoms with E-state index in [1.54, 1.807) is 0 Å². The maximum Gasteiger partial charge on any atom is 0.129 e. The summed E-state index contributed by atoms with van der Waals surface area (Å²) in [6.45, 7) is 4.30. The minimum Gasteiger partial charge on any atom is -0.363 e. The summed E-state index contributed by atoms with van der Waals surface area (Å²) in [5.74, 6) is 0.986. The molecular weight excluding hydrogens is 220 g/mol. The van der Waals surface area contributed by atoms with E-state index in [-0.39, 0.29) is 0 Å². The number of benzene rings is 1. The molecule has 0 aliphatic heterocycles. The van der Waals surface area contributed by atoms with E-state index in [4.69, 9.17) is 0 Å². The Kier molecular flexibility index (Phi) is 4.35. The van der Waals surface area contributed by atoms with E-state index in [9.17, 15) is 0 Å². The zero-order chi connectivity index (χ0) is 12.8. The molecule has 0 aliphatic carbocycles. The highest BCUT2D eigenvalue weighted by Crippen LogP contribution is 2.24. The van der Waals surface area contributed by atoms with Crippen LogP contribution in [0.15, 0.2) is 48.7 Å². The first kappa shape index (κ1) is 12.6. The van der Waals surface area contributed by atoms with Gasteiger partial charge in [0.25, 0.3) is 0 Å². The summed E-state index contributed by atoms with van der Waals surface area (Å²) in [6.07, 6.45) is 4.10. The molecule has 1 heterocycles. The number of nitrogens with zero attached hydrogens (tertiary/aromatic N) is 1. The monoisotopic (exact) mass is 240 g/mol. The van der Waals surface area contributed by atoms with E-state index in [2.05, 4.69) is 60.5 Å². The number of rotatable bonds is 5. The van der Waals surface area contributed by atoms with Crippen molar-refractivity contribution >= 4 is 5.82 Å². The van der Waals surface area contributed by atoms with Gasteiger partial charge in [-0.3, -0.25) is 0 Å². The highest BCUT2D eigenvalue weighted by atomic mass is 15.0. The Morgan fingerprint density at radius 2 is 1.89 bits per heavy atom. The molecule has 0 spiro atoms. The molecular formula is C16H20N2. The van der Waals surface area contributed by atoms with Gasteiger partial charge in [0.2, 0.25) is 0 Å². The lowest BCUT2D eigenvalue weighted by Gasteiger charge is -2.20. The Morgan fingerprint density at radius 3 is 2.56 bits per heavy atom. The van der Waals surface area contributed by atoms with Crippen molar-refractivity contribution in [3.63, 3.8) is 0 Å². The molecule has 2 heteroatoms. The predicted octanol–water partition coefficient (Wildman–Crippen LogP) is 4.34. The summed E-state index contributed by atoms with van der Waals surface area (Å²) in [5, 5.41) is 3.55. The van der Waals surface area contributed by atoms with Gasteiger partial charge in [-0.05, 0) is 30.5 Å². The second-order valence-electron chi connectivity index (χ2n) is 4.57. The van der Waals surface area contributed by atoms with Crippen molar-refractivity contribution < 1.29 is 0 Å². The summed E-state index contributed by atoms with van der Waals surface area (Å²) in [5.41, 5.74) is 2.51. The average molecular weight is 240 g/mol. The van der Waals surface area contributed by atoms with Crippen LogP contribution in [0.1, 0.15) is 36.9 Å².